The van der Waals surface area contributed by atoms with Crippen LogP contribution in [-0.2, 0) is 15.9 Å². The van der Waals surface area contributed by atoms with E-state index in [1.807, 2.05) is 19.1 Å². The molecule has 0 saturated heterocycles. The molecule has 30 heavy (non-hydrogen) atoms. The Morgan fingerprint density at radius 3 is 3.00 bits per heavy atom. The van der Waals surface area contributed by atoms with Gasteiger partial charge in [-0.15, -0.1) is 0 Å². The molecule has 2 atom stereocenters. The van der Waals surface area contributed by atoms with Gasteiger partial charge in [-0.1, -0.05) is 12.8 Å². The lowest BCUT2D eigenvalue weighted by atomic mass is 9.78. The quantitative estimate of drug-likeness (QED) is 0.749. The van der Waals surface area contributed by atoms with E-state index in [4.69, 9.17) is 14.0 Å². The number of nitriles is 1. The summed E-state index contributed by atoms with van der Waals surface area (Å²) in [6.45, 7) is 3.46. The number of ether oxygens (including phenoxy) is 1. The molecule has 1 aromatic heterocycles. The van der Waals surface area contributed by atoms with Gasteiger partial charge < -0.3 is 24.7 Å². The molecule has 1 aliphatic carbocycles. The van der Waals surface area contributed by atoms with Gasteiger partial charge in [-0.3, -0.25) is 0 Å². The highest BCUT2D eigenvalue weighted by Gasteiger charge is 2.36. The van der Waals surface area contributed by atoms with Crippen molar-refractivity contribution >= 4 is 30.0 Å². The maximum absolute atomic E-state index is 9.46. The molecule has 0 amide bonds. The summed E-state index contributed by atoms with van der Waals surface area (Å²) in [7, 11) is -0.346. The lowest BCUT2D eigenvalue weighted by Gasteiger charge is -2.28. The SMILES string of the molecule is Cc1cnc(Nc2cc3c4c(c2)OCCOB4OC3)nc1NC1CCCC[C@H]1C#N. The summed E-state index contributed by atoms with van der Waals surface area (Å²) in [6.07, 6.45) is 5.97. The lowest BCUT2D eigenvalue weighted by molar-refractivity contribution is 0.180. The summed E-state index contributed by atoms with van der Waals surface area (Å²) in [5, 5.41) is 16.2. The Balaban J connectivity index is 1.38. The number of hydrogen-bond donors (Lipinski definition) is 2. The van der Waals surface area contributed by atoms with Crippen LogP contribution in [0.25, 0.3) is 0 Å². The Bertz CT molecular complexity index is 995. The molecule has 2 aromatic rings. The lowest BCUT2D eigenvalue weighted by Crippen LogP contribution is -2.32. The van der Waals surface area contributed by atoms with Gasteiger partial charge in [0.05, 0.1) is 25.2 Å². The van der Waals surface area contributed by atoms with Gasteiger partial charge in [0.2, 0.25) is 5.95 Å². The van der Waals surface area contributed by atoms with Gasteiger partial charge in [0.1, 0.15) is 18.2 Å². The monoisotopic (exact) mass is 405 g/mol. The number of rotatable bonds is 4. The van der Waals surface area contributed by atoms with E-state index in [1.165, 1.54) is 0 Å². The van der Waals surface area contributed by atoms with Crippen molar-refractivity contribution < 1.29 is 14.0 Å². The van der Waals surface area contributed by atoms with Crippen molar-refractivity contribution in [1.82, 2.24) is 9.97 Å². The van der Waals surface area contributed by atoms with Crippen LogP contribution < -0.4 is 20.8 Å². The molecule has 8 nitrogen and oxygen atoms in total. The van der Waals surface area contributed by atoms with Gasteiger partial charge in [0.25, 0.3) is 0 Å². The van der Waals surface area contributed by atoms with E-state index in [-0.39, 0.29) is 19.1 Å². The molecule has 1 aromatic carbocycles. The normalized spacial score (nSPS) is 22.5. The van der Waals surface area contributed by atoms with Crippen molar-refractivity contribution in [2.24, 2.45) is 5.92 Å². The zero-order valence-corrected chi connectivity index (χ0v) is 17.0. The minimum absolute atomic E-state index is 0.0191. The summed E-state index contributed by atoms with van der Waals surface area (Å²) in [5.41, 5.74) is 3.83. The van der Waals surface area contributed by atoms with Crippen molar-refractivity contribution in [3.8, 4) is 11.8 Å². The fourth-order valence-electron chi connectivity index (χ4n) is 4.36. The molecule has 3 heterocycles. The zero-order valence-electron chi connectivity index (χ0n) is 17.0. The first kappa shape index (κ1) is 19.2. The fourth-order valence-corrected chi connectivity index (χ4v) is 4.36. The molecule has 0 radical (unpaired) electrons. The van der Waals surface area contributed by atoms with Gasteiger partial charge >= 0.3 is 7.12 Å². The van der Waals surface area contributed by atoms with Crippen LogP contribution in [0.15, 0.2) is 18.3 Å². The number of benzene rings is 1. The second-order valence-corrected chi connectivity index (χ2v) is 8.03. The molecule has 1 saturated carbocycles. The number of aryl methyl sites for hydroxylation is 1. The van der Waals surface area contributed by atoms with E-state index in [0.29, 0.717) is 25.8 Å². The van der Waals surface area contributed by atoms with E-state index in [1.54, 1.807) is 6.20 Å². The van der Waals surface area contributed by atoms with Gasteiger partial charge in [-0.05, 0) is 31.4 Å². The molecule has 2 N–H and O–H groups in total. The van der Waals surface area contributed by atoms with Crippen LogP contribution in [0, 0.1) is 24.2 Å². The molecule has 1 unspecified atom stereocenters. The number of hydrogen-bond acceptors (Lipinski definition) is 8. The van der Waals surface area contributed by atoms with Gasteiger partial charge in [0.15, 0.2) is 0 Å². The van der Waals surface area contributed by atoms with Crippen LogP contribution in [0.4, 0.5) is 17.5 Å². The van der Waals surface area contributed by atoms with Crippen molar-refractivity contribution in [2.45, 2.75) is 45.3 Å². The van der Waals surface area contributed by atoms with Crippen LogP contribution in [0.1, 0.15) is 36.8 Å². The summed E-state index contributed by atoms with van der Waals surface area (Å²) in [4.78, 5) is 9.13. The minimum atomic E-state index is -0.346. The third kappa shape index (κ3) is 3.69. The highest BCUT2D eigenvalue weighted by Crippen LogP contribution is 2.30. The molecular weight excluding hydrogens is 381 g/mol. The van der Waals surface area contributed by atoms with Crippen molar-refractivity contribution in [3.63, 3.8) is 0 Å². The summed E-state index contributed by atoms with van der Waals surface area (Å²) in [6, 6.07) is 6.54. The van der Waals surface area contributed by atoms with E-state index < -0.39 is 0 Å². The Morgan fingerprint density at radius 2 is 2.10 bits per heavy atom. The Morgan fingerprint density at radius 1 is 1.20 bits per heavy atom. The topological polar surface area (TPSA) is 101 Å². The number of aromatic nitrogens is 2. The maximum atomic E-state index is 9.46. The molecule has 5 rings (SSSR count). The Hall–Kier alpha value is -2.83. The molecule has 0 bridgehead atoms. The van der Waals surface area contributed by atoms with Gasteiger partial charge in [-0.25, -0.2) is 4.98 Å². The highest BCUT2D eigenvalue weighted by molar-refractivity contribution is 6.64. The predicted octanol–water partition coefficient (Wildman–Crippen LogP) is 2.66. The third-order valence-corrected chi connectivity index (χ3v) is 5.95. The molecule has 9 heteroatoms. The zero-order chi connectivity index (χ0) is 20.5. The molecule has 0 spiro atoms. The summed E-state index contributed by atoms with van der Waals surface area (Å²) in [5.74, 6) is 2.07. The number of anilines is 3. The van der Waals surface area contributed by atoms with Gasteiger partial charge in [0, 0.05) is 35.0 Å². The molecule has 3 aliphatic rings. The molecule has 1 fully saturated rings. The Kier molecular flexibility index (Phi) is 5.19. The van der Waals surface area contributed by atoms with Gasteiger partial charge in [-0.2, -0.15) is 10.2 Å². The van der Waals surface area contributed by atoms with Crippen LogP contribution in [-0.4, -0.2) is 36.3 Å². The van der Waals surface area contributed by atoms with E-state index >= 15 is 0 Å². The standard InChI is InChI=1S/C21H24BN5O3/c1-13-11-24-21(27-20(13)26-17-5-3-2-4-14(17)10-23)25-16-8-15-12-30-22-19(15)18(9-16)28-6-7-29-22/h8-9,11,14,17H,2-7,12H2,1H3,(H2,24,25,26,27)/t14-,17?/m0/s1. The van der Waals surface area contributed by atoms with Crippen LogP contribution in [0.2, 0.25) is 0 Å². The van der Waals surface area contributed by atoms with E-state index in [0.717, 1.165) is 59.5 Å². The maximum Gasteiger partial charge on any atom is 0.498 e. The molecule has 154 valence electrons. The first-order chi connectivity index (χ1) is 14.7. The molecular formula is C21H24BN5O3. The minimum Gasteiger partial charge on any atom is -0.492 e. The third-order valence-electron chi connectivity index (χ3n) is 5.95. The number of nitrogens with one attached hydrogen (secondary N) is 2. The second-order valence-electron chi connectivity index (χ2n) is 8.03. The summed E-state index contributed by atoms with van der Waals surface area (Å²) < 4.78 is 17.3. The van der Waals surface area contributed by atoms with Crippen LogP contribution in [0.5, 0.6) is 5.75 Å². The van der Waals surface area contributed by atoms with E-state index in [9.17, 15) is 5.26 Å². The van der Waals surface area contributed by atoms with Crippen molar-refractivity contribution in [2.75, 3.05) is 23.8 Å². The van der Waals surface area contributed by atoms with Crippen LogP contribution in [0.3, 0.4) is 0 Å². The average Bonchev–Trinajstić information content (AvgIpc) is 3.05. The average molecular weight is 405 g/mol. The predicted molar refractivity (Wildman–Crippen MR) is 113 cm³/mol. The smallest absolute Gasteiger partial charge is 0.492 e. The van der Waals surface area contributed by atoms with Crippen molar-refractivity contribution in [3.05, 3.63) is 29.5 Å². The second kappa shape index (κ2) is 8.13. The largest absolute Gasteiger partial charge is 0.498 e. The summed E-state index contributed by atoms with van der Waals surface area (Å²) >= 11 is 0. The number of nitrogens with zero attached hydrogens (tertiary/aromatic N) is 3. The highest BCUT2D eigenvalue weighted by atomic mass is 16.6. The Labute approximate surface area is 176 Å². The van der Waals surface area contributed by atoms with E-state index in [2.05, 4.69) is 26.7 Å². The first-order valence-electron chi connectivity index (χ1n) is 10.5. The fraction of sp³-hybridized carbons (Fsp3) is 0.476. The molecule has 2 aliphatic heterocycles. The first-order valence-corrected chi connectivity index (χ1v) is 10.5. The van der Waals surface area contributed by atoms with Crippen molar-refractivity contribution in [1.29, 1.82) is 5.26 Å². The van der Waals surface area contributed by atoms with Crippen LogP contribution >= 0.6 is 0 Å².